The molecule has 1 aliphatic carbocycles. The van der Waals surface area contributed by atoms with E-state index in [4.69, 9.17) is 11.6 Å². The van der Waals surface area contributed by atoms with Crippen LogP contribution < -0.4 is 10.6 Å². The van der Waals surface area contributed by atoms with E-state index in [0.717, 1.165) is 24.7 Å². The average molecular weight is 455 g/mol. The third-order valence-corrected chi connectivity index (χ3v) is 5.88. The number of nitrogens with zero attached hydrogens (tertiary/aromatic N) is 5. The molecule has 27 heavy (non-hydrogen) atoms. The molecule has 0 saturated heterocycles. The van der Waals surface area contributed by atoms with Crippen LogP contribution in [0.4, 0.5) is 16.2 Å². The molecule has 1 saturated carbocycles. The van der Waals surface area contributed by atoms with E-state index >= 15 is 0 Å². The van der Waals surface area contributed by atoms with E-state index in [0.29, 0.717) is 23.7 Å². The number of anilines is 2. The van der Waals surface area contributed by atoms with Crippen molar-refractivity contribution in [1.82, 2.24) is 24.7 Å². The van der Waals surface area contributed by atoms with Gasteiger partial charge in [-0.05, 0) is 34.3 Å². The molecule has 0 unspecified atom stereocenters. The van der Waals surface area contributed by atoms with Crippen LogP contribution in [0.2, 0.25) is 5.02 Å². The molecule has 0 spiro atoms. The number of aromatic nitrogens is 5. The van der Waals surface area contributed by atoms with Crippen LogP contribution in [0, 0.1) is 11.7 Å². The Kier molecular flexibility index (Phi) is 5.14. The van der Waals surface area contributed by atoms with E-state index < -0.39 is 5.82 Å². The van der Waals surface area contributed by atoms with E-state index in [9.17, 15) is 4.39 Å². The summed E-state index contributed by atoms with van der Waals surface area (Å²) in [5.74, 6) is 1.88. The van der Waals surface area contributed by atoms with Crippen molar-refractivity contribution in [3.63, 3.8) is 0 Å². The first kappa shape index (κ1) is 18.4. The molecular weight excluding hydrogens is 437 g/mol. The molecule has 1 fully saturated rings. The third kappa shape index (κ3) is 3.98. The van der Waals surface area contributed by atoms with Crippen LogP contribution in [-0.2, 0) is 13.6 Å². The molecular formula is C17H18BrClFN7. The topological polar surface area (TPSA) is 80.5 Å². The molecule has 7 nitrogen and oxygen atoms in total. The summed E-state index contributed by atoms with van der Waals surface area (Å²) in [6.07, 6.45) is 5.25. The van der Waals surface area contributed by atoms with Gasteiger partial charge in [0.1, 0.15) is 17.7 Å². The van der Waals surface area contributed by atoms with Gasteiger partial charge >= 0.3 is 0 Å². The van der Waals surface area contributed by atoms with Gasteiger partial charge in [0.25, 0.3) is 0 Å². The maximum atomic E-state index is 14.8. The monoisotopic (exact) mass is 453 g/mol. The first-order valence-electron chi connectivity index (χ1n) is 8.68. The van der Waals surface area contributed by atoms with Crippen LogP contribution in [0.1, 0.15) is 25.1 Å². The summed E-state index contributed by atoms with van der Waals surface area (Å²) < 4.78 is 16.7. The van der Waals surface area contributed by atoms with Gasteiger partial charge in [-0.1, -0.05) is 24.4 Å². The molecule has 10 heteroatoms. The molecule has 4 rings (SSSR count). The Hall–Kier alpha value is -2.00. The first-order valence-corrected chi connectivity index (χ1v) is 9.86. The minimum atomic E-state index is -0.508. The SMILES string of the molecule is Cn1cnnc1CNc1nc(NCCC2CC2)c2cc(Cl)c(Br)c(F)c2n1. The summed E-state index contributed by atoms with van der Waals surface area (Å²) in [5, 5.41) is 15.1. The number of fused-ring (bicyclic) bond motifs is 1. The van der Waals surface area contributed by atoms with Gasteiger partial charge in [-0.15, -0.1) is 10.2 Å². The molecule has 0 bridgehead atoms. The largest absolute Gasteiger partial charge is 0.369 e. The molecule has 0 aliphatic heterocycles. The quantitative estimate of drug-likeness (QED) is 0.522. The van der Waals surface area contributed by atoms with Crippen molar-refractivity contribution < 1.29 is 4.39 Å². The van der Waals surface area contributed by atoms with Crippen molar-refractivity contribution in [2.75, 3.05) is 17.2 Å². The Morgan fingerprint density at radius 1 is 1.33 bits per heavy atom. The number of aryl methyl sites for hydroxylation is 1. The Morgan fingerprint density at radius 2 is 2.15 bits per heavy atom. The number of rotatable bonds is 7. The molecule has 2 heterocycles. The summed E-state index contributed by atoms with van der Waals surface area (Å²) in [4.78, 5) is 8.87. The van der Waals surface area contributed by atoms with Gasteiger partial charge in [0.15, 0.2) is 11.6 Å². The first-order chi connectivity index (χ1) is 13.0. The van der Waals surface area contributed by atoms with Gasteiger partial charge < -0.3 is 15.2 Å². The predicted octanol–water partition coefficient (Wildman–Crippen LogP) is 4.14. The summed E-state index contributed by atoms with van der Waals surface area (Å²) in [5.41, 5.74) is 0.204. The highest BCUT2D eigenvalue weighted by atomic mass is 79.9. The predicted molar refractivity (Wildman–Crippen MR) is 106 cm³/mol. The van der Waals surface area contributed by atoms with Crippen molar-refractivity contribution >= 4 is 50.2 Å². The van der Waals surface area contributed by atoms with E-state index in [1.807, 2.05) is 7.05 Å². The van der Waals surface area contributed by atoms with Gasteiger partial charge in [-0.25, -0.2) is 9.37 Å². The van der Waals surface area contributed by atoms with E-state index in [2.05, 4.69) is 46.7 Å². The Morgan fingerprint density at radius 3 is 2.85 bits per heavy atom. The molecule has 1 aliphatic rings. The summed E-state index contributed by atoms with van der Waals surface area (Å²) in [6, 6.07) is 1.68. The Balaban J connectivity index is 1.66. The van der Waals surface area contributed by atoms with Crippen LogP contribution >= 0.6 is 27.5 Å². The fourth-order valence-electron chi connectivity index (χ4n) is 2.81. The van der Waals surface area contributed by atoms with Crippen LogP contribution in [0.5, 0.6) is 0 Å². The smallest absolute Gasteiger partial charge is 0.225 e. The third-order valence-electron chi connectivity index (χ3n) is 4.58. The lowest BCUT2D eigenvalue weighted by Gasteiger charge is -2.13. The lowest BCUT2D eigenvalue weighted by atomic mass is 10.2. The van der Waals surface area contributed by atoms with Crippen LogP contribution in [0.25, 0.3) is 10.9 Å². The fraction of sp³-hybridized carbons (Fsp3) is 0.412. The second-order valence-corrected chi connectivity index (χ2v) is 7.85. The van der Waals surface area contributed by atoms with Crippen molar-refractivity contribution in [3.05, 3.63) is 33.5 Å². The second kappa shape index (κ2) is 7.55. The number of hydrogen-bond acceptors (Lipinski definition) is 6. The highest BCUT2D eigenvalue weighted by Gasteiger charge is 2.21. The number of benzene rings is 1. The highest BCUT2D eigenvalue weighted by molar-refractivity contribution is 9.10. The zero-order chi connectivity index (χ0) is 19.0. The van der Waals surface area contributed by atoms with E-state index in [-0.39, 0.29) is 15.0 Å². The standard InChI is InChI=1S/C17H18BrClFN7/c1-27-8-23-26-12(27)7-22-17-24-15-10(6-11(19)13(18)14(15)20)16(25-17)21-5-4-9-2-3-9/h6,8-9H,2-5,7H2,1H3,(H2,21,22,24,25). The maximum absolute atomic E-state index is 14.8. The molecule has 2 aromatic heterocycles. The molecule has 142 valence electrons. The average Bonchev–Trinajstić information content (AvgIpc) is 3.39. The fourth-order valence-corrected chi connectivity index (χ4v) is 3.31. The van der Waals surface area contributed by atoms with Gasteiger partial charge in [-0.2, -0.15) is 4.98 Å². The van der Waals surface area contributed by atoms with Gasteiger partial charge in [0.05, 0.1) is 16.0 Å². The molecule has 0 atom stereocenters. The Bertz CT molecular complexity index is 989. The molecule has 1 aromatic carbocycles. The lowest BCUT2D eigenvalue weighted by Crippen LogP contribution is -2.11. The maximum Gasteiger partial charge on any atom is 0.225 e. The number of halogens is 3. The van der Waals surface area contributed by atoms with Gasteiger partial charge in [0, 0.05) is 19.0 Å². The van der Waals surface area contributed by atoms with Gasteiger partial charge in [-0.3, -0.25) is 0 Å². The van der Waals surface area contributed by atoms with Gasteiger partial charge in [0.2, 0.25) is 5.95 Å². The minimum absolute atomic E-state index is 0.193. The van der Waals surface area contributed by atoms with Crippen molar-refractivity contribution in [3.8, 4) is 0 Å². The molecule has 2 N–H and O–H groups in total. The Labute approximate surface area is 168 Å². The van der Waals surface area contributed by atoms with Crippen molar-refractivity contribution in [1.29, 1.82) is 0 Å². The molecule has 0 radical (unpaired) electrons. The van der Waals surface area contributed by atoms with Crippen molar-refractivity contribution in [2.45, 2.75) is 25.8 Å². The van der Waals surface area contributed by atoms with Crippen LogP contribution in [0.15, 0.2) is 16.9 Å². The minimum Gasteiger partial charge on any atom is -0.369 e. The van der Waals surface area contributed by atoms with Crippen molar-refractivity contribution in [2.24, 2.45) is 13.0 Å². The number of nitrogens with one attached hydrogen (secondary N) is 2. The summed E-state index contributed by atoms with van der Waals surface area (Å²) in [6.45, 7) is 1.15. The molecule has 0 amide bonds. The zero-order valence-corrected chi connectivity index (χ0v) is 17.0. The van der Waals surface area contributed by atoms with Crippen LogP contribution in [0.3, 0.4) is 0 Å². The van der Waals surface area contributed by atoms with E-state index in [1.54, 1.807) is 17.0 Å². The number of hydrogen-bond donors (Lipinski definition) is 2. The normalized spacial score (nSPS) is 13.9. The lowest BCUT2D eigenvalue weighted by molar-refractivity contribution is 0.630. The summed E-state index contributed by atoms with van der Waals surface area (Å²) in [7, 11) is 1.85. The summed E-state index contributed by atoms with van der Waals surface area (Å²) >= 11 is 9.32. The second-order valence-electron chi connectivity index (χ2n) is 6.65. The van der Waals surface area contributed by atoms with Crippen LogP contribution in [-0.4, -0.2) is 31.3 Å². The van der Waals surface area contributed by atoms with E-state index in [1.165, 1.54) is 12.8 Å². The zero-order valence-electron chi connectivity index (χ0n) is 14.6. The highest BCUT2D eigenvalue weighted by Crippen LogP contribution is 2.35. The molecule has 3 aromatic rings.